The average molecular weight is 588 g/mol. The summed E-state index contributed by atoms with van der Waals surface area (Å²) in [5.74, 6) is 1.85. The summed E-state index contributed by atoms with van der Waals surface area (Å²) in [4.78, 5) is 0. The predicted octanol–water partition coefficient (Wildman–Crippen LogP) is 3.02. The van der Waals surface area contributed by atoms with Crippen LogP contribution in [0.5, 0.6) is 0 Å². The first-order chi connectivity index (χ1) is 16.7. The molecule has 2 aromatic carbocycles. The quantitative estimate of drug-likeness (QED) is 0.291. The van der Waals surface area contributed by atoms with Gasteiger partial charge in [0.15, 0.2) is 18.0 Å². The minimum atomic E-state index is 0. The largest absolute Gasteiger partial charge is 1.00 e. The number of allylic oxidation sites excluding steroid dienone is 4. The van der Waals surface area contributed by atoms with Gasteiger partial charge in [0.05, 0.1) is 12.4 Å². The SMILES string of the molecule is CC(C)c1cccc(C(C)C)c1[N+]1(c2c(C(C)C)cccc2C(C)C)N2C=CN1C2.[C-]1=CC=CC1.[Cl-].[Cl-].[Ti]. The number of quaternary nitrogens is 1. The number of nitrogens with zero attached hydrogens (tertiary/aromatic N) is 3. The van der Waals surface area contributed by atoms with Crippen LogP contribution in [0.3, 0.4) is 0 Å². The minimum absolute atomic E-state index is 0. The zero-order valence-corrected chi connectivity index (χ0v) is 27.2. The molecule has 4 aliphatic rings. The van der Waals surface area contributed by atoms with Gasteiger partial charge in [-0.1, -0.05) is 96.5 Å². The van der Waals surface area contributed by atoms with E-state index in [4.69, 9.17) is 0 Å². The summed E-state index contributed by atoms with van der Waals surface area (Å²) in [7, 11) is 0. The molecule has 0 amide bonds. The Bertz CT molecular complexity index is 1010. The van der Waals surface area contributed by atoms with E-state index in [1.165, 1.54) is 33.6 Å². The Morgan fingerprint density at radius 3 is 1.24 bits per heavy atom. The van der Waals surface area contributed by atoms with Crippen molar-refractivity contribution < 1.29 is 46.5 Å². The van der Waals surface area contributed by atoms with Crippen LogP contribution in [0.1, 0.15) is 108 Å². The molecule has 2 aromatic rings. The molecule has 0 radical (unpaired) electrons. The summed E-state index contributed by atoms with van der Waals surface area (Å²) in [5, 5.41) is 5.03. The van der Waals surface area contributed by atoms with Gasteiger partial charge in [-0.15, -0.1) is 6.42 Å². The second-order valence-electron chi connectivity index (χ2n) is 11.1. The molecule has 0 aromatic heterocycles. The molecule has 0 unspecified atom stereocenters. The third-order valence-corrected chi connectivity index (χ3v) is 7.34. The monoisotopic (exact) mass is 587 g/mol. The summed E-state index contributed by atoms with van der Waals surface area (Å²) in [5.41, 5.74) is 8.71. The molecule has 206 valence electrons. The average Bonchev–Trinajstić information content (AvgIpc) is 3.59. The summed E-state index contributed by atoms with van der Waals surface area (Å²) in [6.07, 6.45) is 14.6. The topological polar surface area (TPSA) is 6.48 Å². The van der Waals surface area contributed by atoms with Crippen LogP contribution < -0.4 is 29.5 Å². The molecule has 3 aliphatic heterocycles. The van der Waals surface area contributed by atoms with Gasteiger partial charge in [0.1, 0.15) is 0 Å². The summed E-state index contributed by atoms with van der Waals surface area (Å²) >= 11 is 0. The van der Waals surface area contributed by atoms with Crippen molar-refractivity contribution in [2.75, 3.05) is 6.67 Å². The maximum atomic E-state index is 2.99. The fourth-order valence-electron chi connectivity index (χ4n) is 5.56. The molecule has 6 heteroatoms. The van der Waals surface area contributed by atoms with Gasteiger partial charge in [0.25, 0.3) is 0 Å². The van der Waals surface area contributed by atoms with E-state index in [-0.39, 0.29) is 46.5 Å². The van der Waals surface area contributed by atoms with E-state index in [0.29, 0.717) is 28.4 Å². The molecular weight excluding hydrogens is 545 g/mol. The Morgan fingerprint density at radius 2 is 1.03 bits per heavy atom. The van der Waals surface area contributed by atoms with E-state index in [1.807, 2.05) is 12.2 Å². The van der Waals surface area contributed by atoms with Crippen LogP contribution in [0, 0.1) is 6.08 Å². The van der Waals surface area contributed by atoms with Crippen LogP contribution in [-0.2, 0) is 21.7 Å². The number of benzene rings is 2. The molecule has 6 rings (SSSR count). The molecule has 3 nitrogen and oxygen atoms in total. The first-order valence-corrected chi connectivity index (χ1v) is 13.3. The van der Waals surface area contributed by atoms with Crippen molar-refractivity contribution in [2.24, 2.45) is 0 Å². The van der Waals surface area contributed by atoms with Gasteiger partial charge in [-0.25, -0.2) is 12.2 Å². The van der Waals surface area contributed by atoms with Gasteiger partial charge >= 0.3 is 0 Å². The number of hydrogen-bond acceptors (Lipinski definition) is 2. The van der Waals surface area contributed by atoms with Crippen LogP contribution in [0.2, 0.25) is 0 Å². The number of para-hydroxylation sites is 2. The summed E-state index contributed by atoms with van der Waals surface area (Å²) in [6.45, 7) is 19.6. The van der Waals surface area contributed by atoms with E-state index in [2.05, 4.69) is 126 Å². The van der Waals surface area contributed by atoms with E-state index in [9.17, 15) is 0 Å². The maximum Gasteiger partial charge on any atom is 0.195 e. The zero-order chi connectivity index (χ0) is 25.3. The second kappa shape index (κ2) is 14.2. The molecule has 2 bridgehead atoms. The third-order valence-electron chi connectivity index (χ3n) is 7.34. The third kappa shape index (κ3) is 5.98. The Kier molecular flexibility index (Phi) is 12.9. The van der Waals surface area contributed by atoms with Crippen molar-refractivity contribution in [2.45, 2.75) is 85.5 Å². The fraction of sp³-hybridized carbons (Fsp3) is 0.438. The molecule has 3 heterocycles. The summed E-state index contributed by atoms with van der Waals surface area (Å²) < 4.78 is 0.698. The molecule has 0 saturated carbocycles. The van der Waals surface area contributed by atoms with Gasteiger partial charge in [0.2, 0.25) is 0 Å². The first-order valence-electron chi connectivity index (χ1n) is 13.3. The van der Waals surface area contributed by atoms with E-state index in [1.54, 1.807) is 0 Å². The van der Waals surface area contributed by atoms with Crippen molar-refractivity contribution in [3.05, 3.63) is 95.4 Å². The van der Waals surface area contributed by atoms with Crippen LogP contribution in [0.15, 0.2) is 67.0 Å². The van der Waals surface area contributed by atoms with Gasteiger partial charge in [-0.2, -0.15) is 16.1 Å². The van der Waals surface area contributed by atoms with Crippen LogP contribution >= 0.6 is 0 Å². The molecule has 38 heavy (non-hydrogen) atoms. The van der Waals surface area contributed by atoms with Crippen molar-refractivity contribution >= 4 is 11.4 Å². The Balaban J connectivity index is 0.000000813. The maximum absolute atomic E-state index is 2.99. The number of rotatable bonds is 6. The van der Waals surface area contributed by atoms with Crippen LogP contribution in [0.25, 0.3) is 0 Å². The Hall–Kier alpha value is -1.49. The summed E-state index contributed by atoms with van der Waals surface area (Å²) in [6, 6.07) is 13.9. The van der Waals surface area contributed by atoms with Gasteiger partial charge < -0.3 is 24.8 Å². The molecule has 0 atom stereocenters. The van der Waals surface area contributed by atoms with Crippen molar-refractivity contribution in [1.29, 1.82) is 0 Å². The number of halogens is 2. The molecular formula is C32H43Cl2N3Ti-2. The van der Waals surface area contributed by atoms with E-state index >= 15 is 0 Å². The van der Waals surface area contributed by atoms with Gasteiger partial charge in [-0.05, 0) is 23.7 Å². The predicted molar refractivity (Wildman–Crippen MR) is 150 cm³/mol. The van der Waals surface area contributed by atoms with Crippen molar-refractivity contribution in [3.63, 3.8) is 0 Å². The van der Waals surface area contributed by atoms with E-state index in [0.717, 1.165) is 13.1 Å². The minimum Gasteiger partial charge on any atom is -1.00 e. The smallest absolute Gasteiger partial charge is 0.195 e. The first kappa shape index (κ1) is 34.5. The van der Waals surface area contributed by atoms with E-state index < -0.39 is 0 Å². The molecule has 0 spiro atoms. The van der Waals surface area contributed by atoms with Gasteiger partial charge in [-0.3, -0.25) is 6.08 Å². The normalized spacial score (nSPS) is 15.8. The van der Waals surface area contributed by atoms with Crippen molar-refractivity contribution in [3.8, 4) is 0 Å². The fourth-order valence-corrected chi connectivity index (χ4v) is 5.56. The molecule has 1 aliphatic carbocycles. The molecule has 1 saturated heterocycles. The standard InChI is InChI=1S/C27H38N3.C5H5.2ClH.Ti/c1-18(2)22-11-9-12-23(19(3)4)26(22)30(28-15-16-29(30)17-28)27-24(20(5)6)13-10-14-25(27)21(7)8;1-2-4-5-3-1;;;/h9-16,18-21H,17H2,1-8H3;1-3H,4H2;2*1H;/q+1;-1;;;/p-2. The molecule has 0 N–H and O–H groups in total. The van der Waals surface area contributed by atoms with Gasteiger partial charge in [0, 0.05) is 44.0 Å². The second-order valence-corrected chi connectivity index (χ2v) is 11.1. The number of hydrogen-bond donors (Lipinski definition) is 0. The van der Waals surface area contributed by atoms with Crippen LogP contribution in [-0.4, -0.2) is 16.7 Å². The Labute approximate surface area is 258 Å². The molecule has 1 fully saturated rings. The van der Waals surface area contributed by atoms with Crippen molar-refractivity contribution in [1.82, 2.24) is 14.7 Å². The Morgan fingerprint density at radius 1 is 0.658 bits per heavy atom. The zero-order valence-electron chi connectivity index (χ0n) is 24.2. The van der Waals surface area contributed by atoms with Crippen LogP contribution in [0.4, 0.5) is 11.4 Å².